The molecule has 6 nitrogen and oxygen atoms in total. The zero-order chi connectivity index (χ0) is 11.0. The molecule has 0 saturated heterocycles. The first-order chi connectivity index (χ1) is 6.57. The number of carbonyl (C=O) groups is 2. The van der Waals surface area contributed by atoms with Gasteiger partial charge in [0.15, 0.2) is 0 Å². The summed E-state index contributed by atoms with van der Waals surface area (Å²) >= 11 is 0. The molecule has 0 aromatic carbocycles. The van der Waals surface area contributed by atoms with Crippen molar-refractivity contribution < 1.29 is 13.8 Å². The fourth-order valence-corrected chi connectivity index (χ4v) is 0.978. The van der Waals surface area contributed by atoms with E-state index in [0.717, 1.165) is 0 Å². The van der Waals surface area contributed by atoms with Gasteiger partial charge in [0, 0.05) is 29.4 Å². The summed E-state index contributed by atoms with van der Waals surface area (Å²) in [5, 5.41) is 12.5. The van der Waals surface area contributed by atoms with Crippen LogP contribution in [0.1, 0.15) is 0 Å². The molecule has 0 aromatic heterocycles. The summed E-state index contributed by atoms with van der Waals surface area (Å²) in [7, 11) is -0.999. The second-order valence-corrected chi connectivity index (χ2v) is 3.93. The molecular weight excluding hydrogens is 206 g/mol. The van der Waals surface area contributed by atoms with Gasteiger partial charge in [-0.3, -0.25) is 13.8 Å². The molecule has 0 radical (unpaired) electrons. The van der Waals surface area contributed by atoms with E-state index in [1.807, 2.05) is 0 Å². The van der Waals surface area contributed by atoms with Crippen molar-refractivity contribution in [2.45, 2.75) is 0 Å². The minimum absolute atomic E-state index is 0.182. The second-order valence-electron chi connectivity index (χ2n) is 2.37. The van der Waals surface area contributed by atoms with Gasteiger partial charge in [-0.05, 0) is 0 Å². The zero-order valence-electron chi connectivity index (χ0n) is 7.70. The number of hydrogen-bond donors (Lipinski definition) is 2. The summed E-state index contributed by atoms with van der Waals surface area (Å²) in [6.07, 6.45) is 1.50. The van der Waals surface area contributed by atoms with Crippen molar-refractivity contribution in [3.63, 3.8) is 0 Å². The maximum atomic E-state index is 10.9. The highest BCUT2D eigenvalue weighted by Crippen LogP contribution is 1.73. The summed E-state index contributed by atoms with van der Waals surface area (Å²) in [6.45, 7) is -0.0200. The number of nitriles is 1. The summed E-state index contributed by atoms with van der Waals surface area (Å²) in [6, 6.07) is 1.67. The van der Waals surface area contributed by atoms with Gasteiger partial charge in [0.2, 0.25) is 0 Å². The maximum absolute atomic E-state index is 10.9. The van der Waals surface area contributed by atoms with Crippen LogP contribution < -0.4 is 10.6 Å². The Morgan fingerprint density at radius 1 is 1.36 bits per heavy atom. The van der Waals surface area contributed by atoms with Gasteiger partial charge in [0.1, 0.15) is 6.54 Å². The monoisotopic (exact) mass is 217 g/mol. The van der Waals surface area contributed by atoms with Gasteiger partial charge in [-0.25, -0.2) is 0 Å². The summed E-state index contributed by atoms with van der Waals surface area (Å²) < 4.78 is 10.6. The molecule has 7 heteroatoms. The minimum atomic E-state index is -0.999. The Bertz CT molecular complexity index is 284. The molecule has 2 N–H and O–H groups in total. The van der Waals surface area contributed by atoms with E-state index in [2.05, 4.69) is 10.6 Å². The smallest absolute Gasteiger partial charge is 0.310 e. The van der Waals surface area contributed by atoms with Crippen molar-refractivity contribution in [3.05, 3.63) is 0 Å². The van der Waals surface area contributed by atoms with Crippen molar-refractivity contribution in [2.75, 3.05) is 25.1 Å². The summed E-state index contributed by atoms with van der Waals surface area (Å²) in [5.74, 6) is -1.36. The zero-order valence-corrected chi connectivity index (χ0v) is 8.52. The molecule has 2 amide bonds. The van der Waals surface area contributed by atoms with Gasteiger partial charge >= 0.3 is 11.8 Å². The Morgan fingerprint density at radius 2 is 1.93 bits per heavy atom. The molecule has 0 aliphatic rings. The molecule has 0 spiro atoms. The number of amides is 2. The number of nitrogens with zero attached hydrogens (tertiary/aromatic N) is 1. The minimum Gasteiger partial charge on any atom is -0.347 e. The Labute approximate surface area is 84.1 Å². The lowest BCUT2D eigenvalue weighted by atomic mass is 10.5. The fourth-order valence-electron chi connectivity index (χ4n) is 0.589. The Hall–Kier alpha value is -1.42. The summed E-state index contributed by atoms with van der Waals surface area (Å²) in [4.78, 5) is 21.7. The molecule has 0 aromatic rings. The third-order valence-electron chi connectivity index (χ3n) is 1.21. The van der Waals surface area contributed by atoms with E-state index in [-0.39, 0.29) is 13.1 Å². The lowest BCUT2D eigenvalue weighted by molar-refractivity contribution is -0.138. The van der Waals surface area contributed by atoms with E-state index in [1.165, 1.54) is 6.26 Å². The van der Waals surface area contributed by atoms with Crippen LogP contribution in [0.2, 0.25) is 0 Å². The number of carbonyl (C=O) groups excluding carboxylic acids is 2. The van der Waals surface area contributed by atoms with Crippen LogP contribution >= 0.6 is 0 Å². The average molecular weight is 217 g/mol. The van der Waals surface area contributed by atoms with Crippen LogP contribution in [0.15, 0.2) is 0 Å². The second kappa shape index (κ2) is 7.03. The van der Waals surface area contributed by atoms with Crippen molar-refractivity contribution in [1.29, 1.82) is 5.26 Å². The van der Waals surface area contributed by atoms with Crippen LogP contribution in [0.4, 0.5) is 0 Å². The molecule has 0 fully saturated rings. The van der Waals surface area contributed by atoms with Crippen molar-refractivity contribution in [3.8, 4) is 6.07 Å². The fraction of sp³-hybridized carbons (Fsp3) is 0.571. The first kappa shape index (κ1) is 12.6. The van der Waals surface area contributed by atoms with Crippen LogP contribution in [-0.4, -0.2) is 41.1 Å². The van der Waals surface area contributed by atoms with E-state index in [9.17, 15) is 13.8 Å². The maximum Gasteiger partial charge on any atom is 0.310 e. The standard InChI is InChI=1S/C7H11N3O3S/c1-14(13)5-4-10-7(12)6(11)9-3-2-8/h3-5H2,1H3,(H,9,11)(H,10,12). The number of rotatable bonds is 4. The third-order valence-corrected chi connectivity index (χ3v) is 1.99. The van der Waals surface area contributed by atoms with E-state index in [4.69, 9.17) is 5.26 Å². The van der Waals surface area contributed by atoms with Gasteiger partial charge in [0.25, 0.3) is 0 Å². The van der Waals surface area contributed by atoms with Gasteiger partial charge in [-0.2, -0.15) is 5.26 Å². The first-order valence-electron chi connectivity index (χ1n) is 3.81. The van der Waals surface area contributed by atoms with Gasteiger partial charge < -0.3 is 10.6 Å². The highest BCUT2D eigenvalue weighted by molar-refractivity contribution is 7.84. The molecule has 78 valence electrons. The highest BCUT2D eigenvalue weighted by atomic mass is 32.2. The van der Waals surface area contributed by atoms with Gasteiger partial charge in [-0.1, -0.05) is 0 Å². The molecular formula is C7H11N3O3S. The molecule has 0 saturated carbocycles. The van der Waals surface area contributed by atoms with Crippen LogP contribution in [0.25, 0.3) is 0 Å². The van der Waals surface area contributed by atoms with Crippen LogP contribution in [-0.2, 0) is 20.4 Å². The quantitative estimate of drug-likeness (QED) is 0.425. The Morgan fingerprint density at radius 3 is 2.43 bits per heavy atom. The first-order valence-corrected chi connectivity index (χ1v) is 5.53. The van der Waals surface area contributed by atoms with Gasteiger partial charge in [-0.15, -0.1) is 0 Å². The number of nitrogens with one attached hydrogen (secondary N) is 2. The van der Waals surface area contributed by atoms with E-state index in [0.29, 0.717) is 5.75 Å². The predicted molar refractivity (Wildman–Crippen MR) is 50.6 cm³/mol. The molecule has 0 rings (SSSR count). The lowest BCUT2D eigenvalue weighted by Crippen LogP contribution is -2.41. The topological polar surface area (TPSA) is 99.1 Å². The van der Waals surface area contributed by atoms with Crippen molar-refractivity contribution in [2.24, 2.45) is 0 Å². The molecule has 1 unspecified atom stereocenters. The predicted octanol–water partition coefficient (Wildman–Crippen LogP) is -1.88. The van der Waals surface area contributed by atoms with E-state index < -0.39 is 22.6 Å². The largest absolute Gasteiger partial charge is 0.347 e. The average Bonchev–Trinajstić information content (AvgIpc) is 2.13. The molecule has 1 atom stereocenters. The Balaban J connectivity index is 3.69. The Kier molecular flexibility index (Phi) is 6.32. The molecule has 0 heterocycles. The molecule has 0 aliphatic carbocycles. The van der Waals surface area contributed by atoms with E-state index >= 15 is 0 Å². The van der Waals surface area contributed by atoms with E-state index in [1.54, 1.807) is 6.07 Å². The molecule has 0 bridgehead atoms. The van der Waals surface area contributed by atoms with Crippen LogP contribution in [0, 0.1) is 11.3 Å². The molecule has 14 heavy (non-hydrogen) atoms. The van der Waals surface area contributed by atoms with Crippen LogP contribution in [0.5, 0.6) is 0 Å². The van der Waals surface area contributed by atoms with Gasteiger partial charge in [0.05, 0.1) is 6.07 Å². The third kappa shape index (κ3) is 6.14. The number of hydrogen-bond acceptors (Lipinski definition) is 4. The lowest BCUT2D eigenvalue weighted by Gasteiger charge is -2.02. The molecule has 0 aliphatic heterocycles. The van der Waals surface area contributed by atoms with Crippen LogP contribution in [0.3, 0.4) is 0 Å². The highest BCUT2D eigenvalue weighted by Gasteiger charge is 2.11. The van der Waals surface area contributed by atoms with Crippen molar-refractivity contribution in [1.82, 2.24) is 10.6 Å². The normalized spacial score (nSPS) is 11.1. The SMILES string of the molecule is CS(=O)CCNC(=O)C(=O)NCC#N. The van der Waals surface area contributed by atoms with Crippen molar-refractivity contribution >= 4 is 22.6 Å². The summed E-state index contributed by atoms with van der Waals surface area (Å²) in [5.41, 5.74) is 0.